The third-order valence-corrected chi connectivity index (χ3v) is 5.88. The van der Waals surface area contributed by atoms with Gasteiger partial charge < -0.3 is 15.2 Å². The SMILES string of the molecule is O=C(CN1CCCCC1=O)NC[C@@H](c1ccccc1Cl)c1c[nH]c2ccccc12. The highest BCUT2D eigenvalue weighted by atomic mass is 35.5. The lowest BCUT2D eigenvalue weighted by molar-refractivity contribution is -0.137. The number of amides is 2. The minimum Gasteiger partial charge on any atom is -0.361 e. The van der Waals surface area contributed by atoms with Crippen LogP contribution < -0.4 is 5.32 Å². The van der Waals surface area contributed by atoms with Crippen LogP contribution in [-0.4, -0.2) is 41.3 Å². The molecule has 0 spiro atoms. The zero-order valence-electron chi connectivity index (χ0n) is 16.2. The van der Waals surface area contributed by atoms with E-state index in [1.807, 2.05) is 48.7 Å². The van der Waals surface area contributed by atoms with Crippen LogP contribution in [0.4, 0.5) is 0 Å². The van der Waals surface area contributed by atoms with E-state index in [-0.39, 0.29) is 24.3 Å². The number of fused-ring (bicyclic) bond motifs is 1. The normalized spacial score (nSPS) is 15.5. The first kappa shape index (κ1) is 19.5. The first-order valence-corrected chi connectivity index (χ1v) is 10.4. The molecule has 6 heteroatoms. The second kappa shape index (κ2) is 8.70. The summed E-state index contributed by atoms with van der Waals surface area (Å²) in [7, 11) is 0. The predicted molar refractivity (Wildman–Crippen MR) is 115 cm³/mol. The third kappa shape index (κ3) is 4.30. The Morgan fingerprint density at radius 1 is 1.10 bits per heavy atom. The van der Waals surface area contributed by atoms with Crippen molar-refractivity contribution in [1.29, 1.82) is 0 Å². The molecule has 1 saturated heterocycles. The molecule has 5 nitrogen and oxygen atoms in total. The van der Waals surface area contributed by atoms with Crippen molar-refractivity contribution in [2.75, 3.05) is 19.6 Å². The molecule has 3 aromatic rings. The zero-order valence-corrected chi connectivity index (χ0v) is 16.9. The summed E-state index contributed by atoms with van der Waals surface area (Å²) in [6.45, 7) is 1.18. The van der Waals surface area contributed by atoms with Crippen LogP contribution in [0.5, 0.6) is 0 Å². The Hall–Kier alpha value is -2.79. The topological polar surface area (TPSA) is 65.2 Å². The van der Waals surface area contributed by atoms with Crippen LogP contribution in [0, 0.1) is 0 Å². The summed E-state index contributed by atoms with van der Waals surface area (Å²) in [4.78, 5) is 29.5. The van der Waals surface area contributed by atoms with Crippen LogP contribution in [0.15, 0.2) is 54.7 Å². The molecule has 150 valence electrons. The molecule has 2 N–H and O–H groups in total. The molecule has 2 aromatic carbocycles. The molecule has 1 aliphatic heterocycles. The Bertz CT molecular complexity index is 1030. The van der Waals surface area contributed by atoms with Crippen LogP contribution in [0.1, 0.15) is 36.3 Å². The number of rotatable bonds is 6. The number of H-pyrrole nitrogens is 1. The quantitative estimate of drug-likeness (QED) is 0.644. The number of nitrogens with one attached hydrogen (secondary N) is 2. The van der Waals surface area contributed by atoms with Gasteiger partial charge in [-0.2, -0.15) is 0 Å². The lowest BCUT2D eigenvalue weighted by Gasteiger charge is -2.26. The van der Waals surface area contributed by atoms with Crippen LogP contribution in [0.2, 0.25) is 5.02 Å². The summed E-state index contributed by atoms with van der Waals surface area (Å²) in [5, 5.41) is 4.80. The Balaban J connectivity index is 1.56. The summed E-state index contributed by atoms with van der Waals surface area (Å²) in [5.41, 5.74) is 3.10. The van der Waals surface area contributed by atoms with Gasteiger partial charge in [-0.25, -0.2) is 0 Å². The number of benzene rings is 2. The number of carbonyl (C=O) groups excluding carboxylic acids is 2. The van der Waals surface area contributed by atoms with Crippen LogP contribution in [-0.2, 0) is 9.59 Å². The molecular weight excluding hydrogens is 386 g/mol. The molecule has 0 unspecified atom stereocenters. The van der Waals surface area contributed by atoms with Crippen molar-refractivity contribution in [2.24, 2.45) is 0 Å². The lowest BCUT2D eigenvalue weighted by Crippen LogP contribution is -2.43. The molecule has 1 fully saturated rings. The van der Waals surface area contributed by atoms with Crippen molar-refractivity contribution in [3.05, 3.63) is 70.9 Å². The number of halogens is 1. The fourth-order valence-corrected chi connectivity index (χ4v) is 4.27. The molecule has 1 aromatic heterocycles. The Labute approximate surface area is 175 Å². The van der Waals surface area contributed by atoms with Gasteiger partial charge in [0, 0.05) is 47.6 Å². The Morgan fingerprint density at radius 3 is 2.72 bits per heavy atom. The van der Waals surface area contributed by atoms with Crippen LogP contribution in [0.3, 0.4) is 0 Å². The number of aromatic amines is 1. The standard InChI is InChI=1S/C23H24ClN3O2/c24-20-9-3-1-7-16(20)18(19-13-25-21-10-4-2-8-17(19)21)14-26-22(28)15-27-12-6-5-11-23(27)29/h1-4,7-10,13,18,25H,5-6,11-12,14-15H2,(H,26,28)/t18-/m0/s1. The van der Waals surface area contributed by atoms with Crippen LogP contribution >= 0.6 is 11.6 Å². The fraction of sp³-hybridized carbons (Fsp3) is 0.304. The van der Waals surface area contributed by atoms with E-state index >= 15 is 0 Å². The van der Waals surface area contributed by atoms with Crippen molar-refractivity contribution < 1.29 is 9.59 Å². The van der Waals surface area contributed by atoms with Crippen LogP contribution in [0.25, 0.3) is 10.9 Å². The van der Waals surface area contributed by atoms with Gasteiger partial charge in [0.25, 0.3) is 0 Å². The molecule has 2 heterocycles. The molecule has 1 atom stereocenters. The molecule has 0 aliphatic carbocycles. The molecule has 0 saturated carbocycles. The van der Waals surface area contributed by atoms with Gasteiger partial charge in [-0.3, -0.25) is 9.59 Å². The van der Waals surface area contributed by atoms with Gasteiger partial charge in [-0.15, -0.1) is 0 Å². The van der Waals surface area contributed by atoms with Gasteiger partial charge in [0.05, 0.1) is 6.54 Å². The summed E-state index contributed by atoms with van der Waals surface area (Å²) in [5.74, 6) is -0.177. The van der Waals surface area contributed by atoms with E-state index in [2.05, 4.69) is 16.4 Å². The van der Waals surface area contributed by atoms with E-state index < -0.39 is 0 Å². The maximum atomic E-state index is 12.6. The van der Waals surface area contributed by atoms with Gasteiger partial charge in [0.1, 0.15) is 0 Å². The molecule has 0 bridgehead atoms. The molecule has 1 aliphatic rings. The van der Waals surface area contributed by atoms with E-state index in [1.165, 1.54) is 0 Å². The van der Waals surface area contributed by atoms with Gasteiger partial charge in [0.15, 0.2) is 0 Å². The maximum absolute atomic E-state index is 12.6. The molecule has 29 heavy (non-hydrogen) atoms. The number of hydrogen-bond acceptors (Lipinski definition) is 2. The second-order valence-electron chi connectivity index (χ2n) is 7.44. The number of piperidine rings is 1. The molecular formula is C23H24ClN3O2. The average molecular weight is 410 g/mol. The minimum atomic E-state index is -0.142. The van der Waals surface area contributed by atoms with Gasteiger partial charge in [0.2, 0.25) is 11.8 Å². The Morgan fingerprint density at radius 2 is 1.90 bits per heavy atom. The van der Waals surface area contributed by atoms with E-state index in [4.69, 9.17) is 11.6 Å². The highest BCUT2D eigenvalue weighted by molar-refractivity contribution is 6.31. The van der Waals surface area contributed by atoms with E-state index in [0.717, 1.165) is 34.9 Å². The highest BCUT2D eigenvalue weighted by Gasteiger charge is 2.23. The van der Waals surface area contributed by atoms with E-state index in [9.17, 15) is 9.59 Å². The number of hydrogen-bond donors (Lipinski definition) is 2. The lowest BCUT2D eigenvalue weighted by atomic mass is 9.90. The smallest absolute Gasteiger partial charge is 0.239 e. The van der Waals surface area contributed by atoms with Crippen molar-refractivity contribution in [3.8, 4) is 0 Å². The first-order chi connectivity index (χ1) is 14.1. The maximum Gasteiger partial charge on any atom is 0.239 e. The van der Waals surface area contributed by atoms with Gasteiger partial charge in [-0.05, 0) is 36.1 Å². The second-order valence-corrected chi connectivity index (χ2v) is 7.85. The molecule has 2 amide bonds. The van der Waals surface area contributed by atoms with E-state index in [1.54, 1.807) is 4.90 Å². The minimum absolute atomic E-state index is 0.0608. The zero-order chi connectivity index (χ0) is 20.2. The van der Waals surface area contributed by atoms with Crippen molar-refractivity contribution >= 4 is 34.3 Å². The summed E-state index contributed by atoms with van der Waals surface area (Å²) >= 11 is 6.50. The number of likely N-dealkylation sites (tertiary alicyclic amines) is 1. The fourth-order valence-electron chi connectivity index (χ4n) is 4.00. The van der Waals surface area contributed by atoms with Crippen molar-refractivity contribution in [3.63, 3.8) is 0 Å². The third-order valence-electron chi connectivity index (χ3n) is 5.54. The average Bonchev–Trinajstić information content (AvgIpc) is 3.15. The highest BCUT2D eigenvalue weighted by Crippen LogP contribution is 2.34. The largest absolute Gasteiger partial charge is 0.361 e. The number of nitrogens with zero attached hydrogens (tertiary/aromatic N) is 1. The first-order valence-electron chi connectivity index (χ1n) is 9.98. The van der Waals surface area contributed by atoms with Crippen molar-refractivity contribution in [1.82, 2.24) is 15.2 Å². The predicted octanol–water partition coefficient (Wildman–Crippen LogP) is 4.08. The van der Waals surface area contributed by atoms with Crippen molar-refractivity contribution in [2.45, 2.75) is 25.2 Å². The van der Waals surface area contributed by atoms with Gasteiger partial charge in [-0.1, -0.05) is 48.0 Å². The number of carbonyl (C=O) groups is 2. The number of aromatic nitrogens is 1. The number of para-hydroxylation sites is 1. The Kier molecular flexibility index (Phi) is 5.86. The summed E-state index contributed by atoms with van der Waals surface area (Å²) in [6.07, 6.45) is 4.38. The van der Waals surface area contributed by atoms with Gasteiger partial charge >= 0.3 is 0 Å². The molecule has 0 radical (unpaired) electrons. The summed E-state index contributed by atoms with van der Waals surface area (Å²) in [6, 6.07) is 15.8. The summed E-state index contributed by atoms with van der Waals surface area (Å²) < 4.78 is 0. The molecule has 4 rings (SSSR count). The van der Waals surface area contributed by atoms with E-state index in [0.29, 0.717) is 24.5 Å². The monoisotopic (exact) mass is 409 g/mol.